The minimum atomic E-state index is -0.108. The van der Waals surface area contributed by atoms with Gasteiger partial charge in [0, 0.05) is 18.5 Å². The monoisotopic (exact) mass is 323 g/mol. The number of para-hydroxylation sites is 2. The van der Waals surface area contributed by atoms with Crippen molar-refractivity contribution in [3.63, 3.8) is 0 Å². The Bertz CT molecular complexity index is 826. The fraction of sp³-hybridized carbons (Fsp3) is 0.263. The quantitative estimate of drug-likeness (QED) is 0.680. The fourth-order valence-electron chi connectivity index (χ4n) is 2.57. The summed E-state index contributed by atoms with van der Waals surface area (Å²) >= 11 is 0. The highest BCUT2D eigenvalue weighted by Gasteiger charge is 2.05. The van der Waals surface area contributed by atoms with Crippen LogP contribution in [0.2, 0.25) is 0 Å². The lowest BCUT2D eigenvalue weighted by Gasteiger charge is -2.09. The predicted octanol–water partition coefficient (Wildman–Crippen LogP) is 2.93. The van der Waals surface area contributed by atoms with Crippen molar-refractivity contribution in [1.82, 2.24) is 15.1 Å². The van der Waals surface area contributed by atoms with Gasteiger partial charge in [-0.3, -0.25) is 9.48 Å². The maximum Gasteiger partial charge on any atom is 0.257 e. The molecular weight excluding hydrogens is 302 g/mol. The van der Waals surface area contributed by atoms with Crippen molar-refractivity contribution >= 4 is 16.8 Å². The van der Waals surface area contributed by atoms with E-state index < -0.39 is 0 Å². The third kappa shape index (κ3) is 3.93. The van der Waals surface area contributed by atoms with E-state index in [9.17, 15) is 4.79 Å². The van der Waals surface area contributed by atoms with Crippen LogP contribution in [0.5, 0.6) is 5.75 Å². The molecule has 1 heterocycles. The van der Waals surface area contributed by atoms with Gasteiger partial charge in [-0.05, 0) is 31.0 Å². The zero-order valence-corrected chi connectivity index (χ0v) is 13.7. The van der Waals surface area contributed by atoms with E-state index in [1.807, 2.05) is 60.3 Å². The van der Waals surface area contributed by atoms with Crippen molar-refractivity contribution in [2.24, 2.45) is 0 Å². The van der Waals surface area contributed by atoms with Gasteiger partial charge in [-0.15, -0.1) is 0 Å². The van der Waals surface area contributed by atoms with Crippen LogP contribution in [0.25, 0.3) is 10.9 Å². The first-order chi connectivity index (χ1) is 11.7. The third-order valence-corrected chi connectivity index (χ3v) is 3.87. The molecule has 0 bridgehead atoms. The van der Waals surface area contributed by atoms with Gasteiger partial charge in [0.1, 0.15) is 5.75 Å². The van der Waals surface area contributed by atoms with Crippen LogP contribution in [-0.2, 0) is 11.3 Å². The van der Waals surface area contributed by atoms with Crippen LogP contribution in [0.1, 0.15) is 12.0 Å². The smallest absolute Gasteiger partial charge is 0.257 e. The van der Waals surface area contributed by atoms with Crippen molar-refractivity contribution < 1.29 is 9.53 Å². The molecule has 0 saturated heterocycles. The molecule has 1 N–H and O–H groups in total. The van der Waals surface area contributed by atoms with Crippen LogP contribution in [0, 0.1) is 6.92 Å². The number of hydrogen-bond donors (Lipinski definition) is 1. The van der Waals surface area contributed by atoms with E-state index in [1.165, 1.54) is 0 Å². The van der Waals surface area contributed by atoms with Crippen molar-refractivity contribution in [2.75, 3.05) is 13.2 Å². The number of amides is 1. The second-order valence-corrected chi connectivity index (χ2v) is 5.68. The summed E-state index contributed by atoms with van der Waals surface area (Å²) in [4.78, 5) is 11.8. The first-order valence-electron chi connectivity index (χ1n) is 8.10. The molecule has 1 aromatic heterocycles. The van der Waals surface area contributed by atoms with Crippen molar-refractivity contribution in [3.8, 4) is 5.75 Å². The van der Waals surface area contributed by atoms with Crippen LogP contribution in [0.3, 0.4) is 0 Å². The van der Waals surface area contributed by atoms with E-state index >= 15 is 0 Å². The van der Waals surface area contributed by atoms with E-state index in [2.05, 4.69) is 16.5 Å². The molecular formula is C19H21N3O2. The molecule has 5 nitrogen and oxygen atoms in total. The summed E-state index contributed by atoms with van der Waals surface area (Å²) < 4.78 is 7.49. The number of aryl methyl sites for hydroxylation is 2. The fourth-order valence-corrected chi connectivity index (χ4v) is 2.57. The molecule has 0 unspecified atom stereocenters. The zero-order chi connectivity index (χ0) is 16.8. The summed E-state index contributed by atoms with van der Waals surface area (Å²) in [6, 6.07) is 15.8. The first-order valence-corrected chi connectivity index (χ1v) is 8.10. The highest BCUT2D eigenvalue weighted by molar-refractivity contribution is 5.78. The Morgan fingerprint density at radius 2 is 1.96 bits per heavy atom. The Balaban J connectivity index is 1.40. The van der Waals surface area contributed by atoms with E-state index in [0.717, 1.165) is 35.2 Å². The topological polar surface area (TPSA) is 56.1 Å². The van der Waals surface area contributed by atoms with E-state index in [4.69, 9.17) is 4.74 Å². The summed E-state index contributed by atoms with van der Waals surface area (Å²) in [6.07, 6.45) is 2.69. The Morgan fingerprint density at radius 3 is 2.83 bits per heavy atom. The largest absolute Gasteiger partial charge is 0.484 e. The molecule has 5 heteroatoms. The number of benzene rings is 2. The molecule has 3 aromatic rings. The number of carbonyl (C=O) groups is 1. The third-order valence-electron chi connectivity index (χ3n) is 3.87. The molecule has 0 aliphatic carbocycles. The SMILES string of the molecule is Cc1ccccc1OCC(=O)NCCCn1ncc2ccccc21. The molecule has 3 rings (SSSR count). The highest BCUT2D eigenvalue weighted by Crippen LogP contribution is 2.15. The number of ether oxygens (including phenoxy) is 1. The predicted molar refractivity (Wildman–Crippen MR) is 94.0 cm³/mol. The van der Waals surface area contributed by atoms with Gasteiger partial charge in [0.15, 0.2) is 6.61 Å². The summed E-state index contributed by atoms with van der Waals surface area (Å²) in [5.74, 6) is 0.638. The van der Waals surface area contributed by atoms with Crippen LogP contribution in [0.4, 0.5) is 0 Å². The van der Waals surface area contributed by atoms with Crippen LogP contribution >= 0.6 is 0 Å². The maximum atomic E-state index is 11.8. The number of nitrogens with one attached hydrogen (secondary N) is 1. The van der Waals surface area contributed by atoms with Gasteiger partial charge in [-0.25, -0.2) is 0 Å². The van der Waals surface area contributed by atoms with Gasteiger partial charge in [0.05, 0.1) is 11.7 Å². The van der Waals surface area contributed by atoms with Gasteiger partial charge in [-0.2, -0.15) is 5.10 Å². The summed E-state index contributed by atoms with van der Waals surface area (Å²) in [5, 5.41) is 8.39. The van der Waals surface area contributed by atoms with Crippen LogP contribution in [-0.4, -0.2) is 28.8 Å². The molecule has 0 atom stereocenters. The van der Waals surface area contributed by atoms with E-state index in [1.54, 1.807) is 0 Å². The van der Waals surface area contributed by atoms with E-state index in [-0.39, 0.29) is 12.5 Å². The number of nitrogens with zero attached hydrogens (tertiary/aromatic N) is 2. The van der Waals surface area contributed by atoms with Crippen molar-refractivity contribution in [1.29, 1.82) is 0 Å². The Kier molecular flexibility index (Phi) is 5.11. The lowest BCUT2D eigenvalue weighted by Crippen LogP contribution is -2.30. The lowest BCUT2D eigenvalue weighted by atomic mass is 10.2. The minimum Gasteiger partial charge on any atom is -0.484 e. The molecule has 0 fully saturated rings. The Hall–Kier alpha value is -2.82. The van der Waals surface area contributed by atoms with Crippen LogP contribution < -0.4 is 10.1 Å². The van der Waals surface area contributed by atoms with E-state index in [0.29, 0.717) is 6.54 Å². The molecule has 0 spiro atoms. The molecule has 0 aliphatic heterocycles. The van der Waals surface area contributed by atoms with Gasteiger partial charge in [0.2, 0.25) is 0 Å². The second-order valence-electron chi connectivity index (χ2n) is 5.68. The normalized spacial score (nSPS) is 10.7. The molecule has 1 amide bonds. The van der Waals surface area contributed by atoms with Gasteiger partial charge in [-0.1, -0.05) is 36.4 Å². The number of rotatable bonds is 7. The summed E-state index contributed by atoms with van der Waals surface area (Å²) in [6.45, 7) is 3.37. The first kappa shape index (κ1) is 16.1. The average Bonchev–Trinajstić information content (AvgIpc) is 3.01. The standard InChI is InChI=1S/C19H21N3O2/c1-15-7-2-5-10-18(15)24-14-19(23)20-11-6-12-22-17-9-4-3-8-16(17)13-21-22/h2-5,7-10,13H,6,11-12,14H2,1H3,(H,20,23). The number of aromatic nitrogens is 2. The van der Waals surface area contributed by atoms with Gasteiger partial charge >= 0.3 is 0 Å². The number of hydrogen-bond acceptors (Lipinski definition) is 3. The summed E-state index contributed by atoms with van der Waals surface area (Å²) in [5.41, 5.74) is 2.14. The zero-order valence-electron chi connectivity index (χ0n) is 13.7. The molecule has 124 valence electrons. The second kappa shape index (κ2) is 7.64. The molecule has 0 radical (unpaired) electrons. The molecule has 24 heavy (non-hydrogen) atoms. The molecule has 0 saturated carbocycles. The molecule has 0 aliphatic rings. The van der Waals surface area contributed by atoms with Gasteiger partial charge < -0.3 is 10.1 Å². The number of carbonyl (C=O) groups excluding carboxylic acids is 1. The Labute approximate surface area is 141 Å². The average molecular weight is 323 g/mol. The highest BCUT2D eigenvalue weighted by atomic mass is 16.5. The maximum absolute atomic E-state index is 11.8. The molecule has 2 aromatic carbocycles. The van der Waals surface area contributed by atoms with Crippen molar-refractivity contribution in [3.05, 3.63) is 60.3 Å². The van der Waals surface area contributed by atoms with Gasteiger partial charge in [0.25, 0.3) is 5.91 Å². The van der Waals surface area contributed by atoms with Crippen LogP contribution in [0.15, 0.2) is 54.7 Å². The Morgan fingerprint density at radius 1 is 1.17 bits per heavy atom. The lowest BCUT2D eigenvalue weighted by molar-refractivity contribution is -0.123. The van der Waals surface area contributed by atoms with Crippen molar-refractivity contribution in [2.45, 2.75) is 19.9 Å². The minimum absolute atomic E-state index is 0.0373. The number of fused-ring (bicyclic) bond motifs is 1. The summed E-state index contributed by atoms with van der Waals surface area (Å²) in [7, 11) is 0.